The van der Waals surface area contributed by atoms with Crippen LogP contribution in [0.25, 0.3) is 10.9 Å². The first-order valence-electron chi connectivity index (χ1n) is 4.81. The minimum absolute atomic E-state index is 0.113. The molecule has 1 heterocycles. The average Bonchev–Trinajstić information content (AvgIpc) is 2.18. The van der Waals surface area contributed by atoms with E-state index in [1.54, 1.807) is 6.33 Å². The van der Waals surface area contributed by atoms with Crippen LogP contribution in [0.1, 0.15) is 12.6 Å². The van der Waals surface area contributed by atoms with Gasteiger partial charge in [-0.05, 0) is 25.1 Å². The second kappa shape index (κ2) is 4.24. The van der Waals surface area contributed by atoms with E-state index >= 15 is 0 Å². The second-order valence-corrected chi connectivity index (χ2v) is 4.58. The number of nitrogens with zero attached hydrogens (tertiary/aromatic N) is 2. The van der Waals surface area contributed by atoms with Crippen LogP contribution in [0.15, 0.2) is 29.0 Å². The van der Waals surface area contributed by atoms with Gasteiger partial charge in [-0.1, -0.05) is 15.9 Å². The first-order valence-corrected chi connectivity index (χ1v) is 5.61. The Morgan fingerprint density at radius 3 is 2.93 bits per heavy atom. The Morgan fingerprint density at radius 1 is 1.40 bits per heavy atom. The maximum atomic E-state index is 5.78. The van der Waals surface area contributed by atoms with E-state index in [1.165, 1.54) is 0 Å². The highest BCUT2D eigenvalue weighted by atomic mass is 79.9. The number of benzene rings is 1. The third-order valence-electron chi connectivity index (χ3n) is 2.20. The zero-order chi connectivity index (χ0) is 10.8. The molecule has 1 unspecified atom stereocenters. The van der Waals surface area contributed by atoms with E-state index in [4.69, 9.17) is 5.73 Å². The second-order valence-electron chi connectivity index (χ2n) is 3.66. The standard InChI is InChI=1S/C11H12BrN3/c1-7(13)4-11-9-5-8(12)2-3-10(9)14-6-15-11/h2-3,5-7H,4,13H2,1H3. The van der Waals surface area contributed by atoms with Crippen LogP contribution < -0.4 is 5.73 Å². The van der Waals surface area contributed by atoms with E-state index in [0.29, 0.717) is 0 Å². The quantitative estimate of drug-likeness (QED) is 0.907. The van der Waals surface area contributed by atoms with Gasteiger partial charge < -0.3 is 5.73 Å². The molecule has 4 heteroatoms. The Balaban J connectivity index is 2.58. The minimum atomic E-state index is 0.113. The van der Waals surface area contributed by atoms with Crippen molar-refractivity contribution in [2.75, 3.05) is 0 Å². The molecule has 2 aromatic rings. The first kappa shape index (κ1) is 10.5. The number of rotatable bonds is 2. The Morgan fingerprint density at radius 2 is 2.20 bits per heavy atom. The van der Waals surface area contributed by atoms with Crippen molar-refractivity contribution >= 4 is 26.8 Å². The summed E-state index contributed by atoms with van der Waals surface area (Å²) in [6.07, 6.45) is 2.36. The molecule has 15 heavy (non-hydrogen) atoms. The van der Waals surface area contributed by atoms with Crippen molar-refractivity contribution in [1.29, 1.82) is 0 Å². The molecule has 1 atom stereocenters. The van der Waals surface area contributed by atoms with Crippen molar-refractivity contribution in [3.8, 4) is 0 Å². The molecule has 0 saturated carbocycles. The van der Waals surface area contributed by atoms with Crippen molar-refractivity contribution < 1.29 is 0 Å². The molecule has 0 fully saturated rings. The van der Waals surface area contributed by atoms with Crippen LogP contribution in [-0.4, -0.2) is 16.0 Å². The Bertz CT molecular complexity index is 482. The molecule has 2 N–H and O–H groups in total. The summed E-state index contributed by atoms with van der Waals surface area (Å²) in [5, 5.41) is 1.07. The summed E-state index contributed by atoms with van der Waals surface area (Å²) in [7, 11) is 0. The lowest BCUT2D eigenvalue weighted by molar-refractivity contribution is 0.725. The molecule has 1 aromatic carbocycles. The summed E-state index contributed by atoms with van der Waals surface area (Å²) >= 11 is 3.45. The van der Waals surface area contributed by atoms with Crippen molar-refractivity contribution in [3.63, 3.8) is 0 Å². The van der Waals surface area contributed by atoms with E-state index in [2.05, 4.69) is 25.9 Å². The molecule has 0 saturated heterocycles. The van der Waals surface area contributed by atoms with Gasteiger partial charge in [-0.2, -0.15) is 0 Å². The Hall–Kier alpha value is -1.000. The van der Waals surface area contributed by atoms with Crippen LogP contribution in [-0.2, 0) is 6.42 Å². The van der Waals surface area contributed by atoms with Crippen molar-refractivity contribution in [1.82, 2.24) is 9.97 Å². The summed E-state index contributed by atoms with van der Waals surface area (Å²) in [6.45, 7) is 1.98. The molecule has 1 aromatic heterocycles. The van der Waals surface area contributed by atoms with E-state index in [1.807, 2.05) is 25.1 Å². The number of halogens is 1. The lowest BCUT2D eigenvalue weighted by Crippen LogP contribution is -2.18. The van der Waals surface area contributed by atoms with Crippen LogP contribution in [0.5, 0.6) is 0 Å². The third-order valence-corrected chi connectivity index (χ3v) is 2.69. The highest BCUT2D eigenvalue weighted by Gasteiger charge is 2.06. The number of nitrogens with two attached hydrogens (primary N) is 1. The fraction of sp³-hybridized carbons (Fsp3) is 0.273. The van der Waals surface area contributed by atoms with Gasteiger partial charge in [0.1, 0.15) is 6.33 Å². The lowest BCUT2D eigenvalue weighted by Gasteiger charge is -2.07. The van der Waals surface area contributed by atoms with Gasteiger partial charge in [-0.3, -0.25) is 0 Å². The number of aromatic nitrogens is 2. The summed E-state index contributed by atoms with van der Waals surface area (Å²) in [5.74, 6) is 0. The van der Waals surface area contributed by atoms with Gasteiger partial charge in [-0.25, -0.2) is 9.97 Å². The molecule has 0 spiro atoms. The zero-order valence-corrected chi connectivity index (χ0v) is 10.0. The summed E-state index contributed by atoms with van der Waals surface area (Å²) in [4.78, 5) is 8.49. The van der Waals surface area contributed by atoms with Crippen molar-refractivity contribution in [2.45, 2.75) is 19.4 Å². The highest BCUT2D eigenvalue weighted by molar-refractivity contribution is 9.10. The predicted molar refractivity (Wildman–Crippen MR) is 64.6 cm³/mol. The highest BCUT2D eigenvalue weighted by Crippen LogP contribution is 2.20. The lowest BCUT2D eigenvalue weighted by atomic mass is 10.1. The van der Waals surface area contributed by atoms with Crippen LogP contribution in [0.4, 0.5) is 0 Å². The largest absolute Gasteiger partial charge is 0.328 e. The zero-order valence-electron chi connectivity index (χ0n) is 8.44. The van der Waals surface area contributed by atoms with Crippen LogP contribution in [0.2, 0.25) is 0 Å². The number of hydrogen-bond donors (Lipinski definition) is 1. The first-order chi connectivity index (χ1) is 7.16. The molecular formula is C11H12BrN3. The third kappa shape index (κ3) is 2.33. The predicted octanol–water partition coefficient (Wildman–Crippen LogP) is 2.28. The Labute approximate surface area is 96.9 Å². The van der Waals surface area contributed by atoms with Crippen LogP contribution >= 0.6 is 15.9 Å². The van der Waals surface area contributed by atoms with Gasteiger partial charge in [-0.15, -0.1) is 0 Å². The van der Waals surface area contributed by atoms with Crippen LogP contribution in [0.3, 0.4) is 0 Å². The maximum absolute atomic E-state index is 5.78. The molecule has 0 aliphatic rings. The smallest absolute Gasteiger partial charge is 0.116 e. The fourth-order valence-electron chi connectivity index (χ4n) is 1.55. The fourth-order valence-corrected chi connectivity index (χ4v) is 1.91. The van der Waals surface area contributed by atoms with Gasteiger partial charge in [0.2, 0.25) is 0 Å². The monoisotopic (exact) mass is 265 g/mol. The van der Waals surface area contributed by atoms with E-state index in [0.717, 1.165) is 27.5 Å². The van der Waals surface area contributed by atoms with Gasteiger partial charge in [0.15, 0.2) is 0 Å². The summed E-state index contributed by atoms with van der Waals surface area (Å²) in [6, 6.07) is 6.10. The molecule has 0 amide bonds. The Kier molecular flexibility index (Phi) is 2.98. The molecule has 3 nitrogen and oxygen atoms in total. The van der Waals surface area contributed by atoms with Gasteiger partial charge in [0, 0.05) is 22.3 Å². The van der Waals surface area contributed by atoms with Crippen molar-refractivity contribution in [2.24, 2.45) is 5.73 Å². The van der Waals surface area contributed by atoms with Crippen LogP contribution in [0, 0.1) is 0 Å². The van der Waals surface area contributed by atoms with E-state index in [9.17, 15) is 0 Å². The minimum Gasteiger partial charge on any atom is -0.328 e. The van der Waals surface area contributed by atoms with E-state index in [-0.39, 0.29) is 6.04 Å². The van der Waals surface area contributed by atoms with Crippen molar-refractivity contribution in [3.05, 3.63) is 34.7 Å². The summed E-state index contributed by atoms with van der Waals surface area (Å²) in [5.41, 5.74) is 7.75. The molecule has 0 radical (unpaired) electrons. The molecule has 2 rings (SSSR count). The molecule has 0 bridgehead atoms. The van der Waals surface area contributed by atoms with Gasteiger partial charge in [0.25, 0.3) is 0 Å². The van der Waals surface area contributed by atoms with Gasteiger partial charge in [0.05, 0.1) is 11.2 Å². The molecule has 78 valence electrons. The SMILES string of the molecule is CC(N)Cc1ncnc2ccc(Br)cc12. The molecule has 0 aliphatic heterocycles. The summed E-state index contributed by atoms with van der Waals surface area (Å²) < 4.78 is 1.04. The topological polar surface area (TPSA) is 51.8 Å². The average molecular weight is 266 g/mol. The maximum Gasteiger partial charge on any atom is 0.116 e. The number of hydrogen-bond acceptors (Lipinski definition) is 3. The molecule has 0 aliphatic carbocycles. The molecular weight excluding hydrogens is 254 g/mol. The normalized spacial score (nSPS) is 13.0. The van der Waals surface area contributed by atoms with Gasteiger partial charge >= 0.3 is 0 Å². The van der Waals surface area contributed by atoms with E-state index < -0.39 is 0 Å². The number of fused-ring (bicyclic) bond motifs is 1.